The number of rotatable bonds is 2. The normalized spacial score (nSPS) is 11.7. The summed E-state index contributed by atoms with van der Waals surface area (Å²) in [5, 5.41) is 1.89. The SMILES string of the molecule is C=C/C=c1/c(OC)ccn/c1=C/C.CC. The number of methoxy groups -OCH3 is 1. The molecule has 0 aliphatic heterocycles. The Morgan fingerprint density at radius 3 is 2.53 bits per heavy atom. The van der Waals surface area contributed by atoms with Gasteiger partial charge in [-0.15, -0.1) is 0 Å². The first-order valence-electron chi connectivity index (χ1n) is 5.11. The Kier molecular flexibility index (Phi) is 6.98. The van der Waals surface area contributed by atoms with Crippen molar-refractivity contribution >= 4 is 12.2 Å². The van der Waals surface area contributed by atoms with Crippen LogP contribution in [-0.2, 0) is 0 Å². The Hall–Kier alpha value is -1.57. The lowest BCUT2D eigenvalue weighted by molar-refractivity contribution is 0.410. The van der Waals surface area contributed by atoms with Gasteiger partial charge in [-0.25, -0.2) is 0 Å². The number of aromatic nitrogens is 1. The standard InChI is InChI=1S/C11H13NO.C2H6/c1-4-6-9-10(5-2)12-8-7-11(9)13-3;1-2/h4-8H,1H2,2-3H3;1-2H3/b9-6+,10-5+;. The summed E-state index contributed by atoms with van der Waals surface area (Å²) in [7, 11) is 1.65. The van der Waals surface area contributed by atoms with Crippen molar-refractivity contribution in [2.24, 2.45) is 0 Å². The number of hydrogen-bond acceptors (Lipinski definition) is 2. The van der Waals surface area contributed by atoms with E-state index < -0.39 is 0 Å². The van der Waals surface area contributed by atoms with Crippen LogP contribution in [-0.4, -0.2) is 12.1 Å². The predicted octanol–water partition coefficient (Wildman–Crippen LogP) is 1.88. The molecule has 0 atom stereocenters. The molecule has 0 radical (unpaired) electrons. The maximum absolute atomic E-state index is 5.20. The largest absolute Gasteiger partial charge is 0.496 e. The first-order chi connectivity index (χ1) is 7.33. The molecule has 0 saturated carbocycles. The number of ether oxygens (including phenoxy) is 1. The van der Waals surface area contributed by atoms with Gasteiger partial charge in [-0.3, -0.25) is 4.98 Å². The number of nitrogens with zero attached hydrogens (tertiary/aromatic N) is 1. The van der Waals surface area contributed by atoms with Crippen LogP contribution in [0.4, 0.5) is 0 Å². The minimum atomic E-state index is 0.822. The number of hydrogen-bond donors (Lipinski definition) is 0. The first kappa shape index (κ1) is 13.4. The van der Waals surface area contributed by atoms with Crippen LogP contribution < -0.4 is 15.3 Å². The van der Waals surface area contributed by atoms with E-state index in [1.807, 2.05) is 39.0 Å². The molecule has 1 heterocycles. The maximum atomic E-state index is 5.20. The molecule has 0 saturated heterocycles. The van der Waals surface area contributed by atoms with Crippen molar-refractivity contribution in [2.45, 2.75) is 20.8 Å². The lowest BCUT2D eigenvalue weighted by Gasteiger charge is -1.99. The van der Waals surface area contributed by atoms with Gasteiger partial charge in [0, 0.05) is 11.4 Å². The van der Waals surface area contributed by atoms with Crippen LogP contribution in [0.1, 0.15) is 20.8 Å². The van der Waals surface area contributed by atoms with Gasteiger partial charge in [0.2, 0.25) is 0 Å². The minimum absolute atomic E-state index is 0.822. The molecule has 15 heavy (non-hydrogen) atoms. The zero-order valence-electron chi connectivity index (χ0n) is 9.95. The highest BCUT2D eigenvalue weighted by atomic mass is 16.5. The van der Waals surface area contributed by atoms with E-state index in [0.717, 1.165) is 16.3 Å². The van der Waals surface area contributed by atoms with E-state index in [0.29, 0.717) is 0 Å². The Labute approximate surface area is 91.6 Å². The Balaban J connectivity index is 0.000000921. The number of pyridine rings is 1. The van der Waals surface area contributed by atoms with E-state index in [9.17, 15) is 0 Å². The molecule has 0 aromatic carbocycles. The Bertz CT molecular complexity index is 407. The average molecular weight is 205 g/mol. The maximum Gasteiger partial charge on any atom is 0.129 e. The third-order valence-electron chi connectivity index (χ3n) is 1.76. The van der Waals surface area contributed by atoms with Crippen molar-refractivity contribution in [1.82, 2.24) is 4.98 Å². The zero-order valence-corrected chi connectivity index (χ0v) is 9.95. The lowest BCUT2D eigenvalue weighted by atomic mass is 10.3. The third kappa shape index (κ3) is 3.58. The van der Waals surface area contributed by atoms with E-state index in [1.54, 1.807) is 19.4 Å². The number of allylic oxidation sites excluding steroid dienone is 1. The molecule has 0 spiro atoms. The molecule has 1 aromatic rings. The summed E-state index contributed by atoms with van der Waals surface area (Å²) in [6.07, 6.45) is 7.29. The monoisotopic (exact) mass is 205 g/mol. The van der Waals surface area contributed by atoms with Crippen molar-refractivity contribution in [3.05, 3.63) is 35.5 Å². The quantitative estimate of drug-likeness (QED) is 0.735. The highest BCUT2D eigenvalue weighted by molar-refractivity contribution is 5.42. The molecule has 1 aromatic heterocycles. The fourth-order valence-corrected chi connectivity index (χ4v) is 1.16. The first-order valence-corrected chi connectivity index (χ1v) is 5.11. The second kappa shape index (κ2) is 7.80. The summed E-state index contributed by atoms with van der Waals surface area (Å²) in [5.74, 6) is 0.822. The molecule has 0 amide bonds. The van der Waals surface area contributed by atoms with E-state index in [-0.39, 0.29) is 0 Å². The van der Waals surface area contributed by atoms with Crippen molar-refractivity contribution in [3.8, 4) is 5.75 Å². The predicted molar refractivity (Wildman–Crippen MR) is 66.2 cm³/mol. The van der Waals surface area contributed by atoms with Crippen molar-refractivity contribution < 1.29 is 4.74 Å². The second-order valence-electron chi connectivity index (χ2n) is 2.50. The second-order valence-corrected chi connectivity index (χ2v) is 2.50. The Morgan fingerprint density at radius 1 is 1.40 bits per heavy atom. The van der Waals surface area contributed by atoms with Crippen LogP contribution in [0, 0.1) is 0 Å². The van der Waals surface area contributed by atoms with Gasteiger partial charge in [0.05, 0.1) is 12.5 Å². The van der Waals surface area contributed by atoms with Crippen LogP contribution >= 0.6 is 0 Å². The van der Waals surface area contributed by atoms with E-state index in [1.165, 1.54) is 0 Å². The third-order valence-corrected chi connectivity index (χ3v) is 1.76. The van der Waals surface area contributed by atoms with Gasteiger partial charge >= 0.3 is 0 Å². The molecule has 2 nitrogen and oxygen atoms in total. The molecular formula is C13H19NO. The molecule has 2 heteroatoms. The summed E-state index contributed by atoms with van der Waals surface area (Å²) in [5.41, 5.74) is 0. The van der Waals surface area contributed by atoms with Crippen molar-refractivity contribution in [2.75, 3.05) is 7.11 Å². The van der Waals surface area contributed by atoms with Gasteiger partial charge in [-0.1, -0.05) is 32.6 Å². The van der Waals surface area contributed by atoms with Gasteiger partial charge in [0.25, 0.3) is 0 Å². The van der Waals surface area contributed by atoms with Gasteiger partial charge < -0.3 is 4.74 Å². The smallest absolute Gasteiger partial charge is 0.129 e. The van der Waals surface area contributed by atoms with Crippen molar-refractivity contribution in [3.63, 3.8) is 0 Å². The summed E-state index contributed by atoms with van der Waals surface area (Å²) in [6, 6.07) is 1.84. The molecule has 0 aliphatic rings. The highest BCUT2D eigenvalue weighted by Gasteiger charge is 1.93. The molecule has 0 aliphatic carbocycles. The summed E-state index contributed by atoms with van der Waals surface area (Å²) >= 11 is 0. The lowest BCUT2D eigenvalue weighted by Crippen LogP contribution is -2.28. The van der Waals surface area contributed by atoms with Gasteiger partial charge in [-0.05, 0) is 19.1 Å². The summed E-state index contributed by atoms with van der Waals surface area (Å²) in [4.78, 5) is 4.21. The van der Waals surface area contributed by atoms with Gasteiger partial charge in [0.15, 0.2) is 0 Å². The van der Waals surface area contributed by atoms with Crippen LogP contribution in [0.25, 0.3) is 12.2 Å². The van der Waals surface area contributed by atoms with Gasteiger partial charge in [0.1, 0.15) is 5.75 Å². The van der Waals surface area contributed by atoms with Crippen molar-refractivity contribution in [1.29, 1.82) is 0 Å². The van der Waals surface area contributed by atoms with E-state index in [4.69, 9.17) is 4.74 Å². The van der Waals surface area contributed by atoms with Crippen LogP contribution in [0.3, 0.4) is 0 Å². The molecule has 82 valence electrons. The average Bonchev–Trinajstić information content (AvgIpc) is 2.32. The molecule has 0 fully saturated rings. The van der Waals surface area contributed by atoms with Gasteiger partial charge in [-0.2, -0.15) is 0 Å². The Morgan fingerprint density at radius 2 is 2.07 bits per heavy atom. The fourth-order valence-electron chi connectivity index (χ4n) is 1.16. The molecular weight excluding hydrogens is 186 g/mol. The van der Waals surface area contributed by atoms with Crippen LogP contribution in [0.15, 0.2) is 24.9 Å². The summed E-state index contributed by atoms with van der Waals surface area (Å²) < 4.78 is 5.20. The van der Waals surface area contributed by atoms with E-state index >= 15 is 0 Å². The van der Waals surface area contributed by atoms with Crippen LogP contribution in [0.2, 0.25) is 0 Å². The highest BCUT2D eigenvalue weighted by Crippen LogP contribution is 1.95. The minimum Gasteiger partial charge on any atom is -0.496 e. The molecule has 0 unspecified atom stereocenters. The zero-order chi connectivity index (χ0) is 11.7. The molecule has 0 bridgehead atoms. The summed E-state index contributed by atoms with van der Waals surface area (Å²) in [6.45, 7) is 9.60. The van der Waals surface area contributed by atoms with E-state index in [2.05, 4.69) is 11.6 Å². The van der Waals surface area contributed by atoms with Crippen LogP contribution in [0.5, 0.6) is 5.75 Å². The molecule has 1 rings (SSSR count). The topological polar surface area (TPSA) is 22.1 Å². The fraction of sp³-hybridized carbons (Fsp3) is 0.308. The molecule has 0 N–H and O–H groups in total.